The molecule has 1 heterocycles. The van der Waals surface area contributed by atoms with Gasteiger partial charge in [-0.25, -0.2) is 26.8 Å². The van der Waals surface area contributed by atoms with E-state index in [0.29, 0.717) is 0 Å². The van der Waals surface area contributed by atoms with Crippen molar-refractivity contribution in [2.24, 2.45) is 0 Å². The van der Waals surface area contributed by atoms with Gasteiger partial charge in [-0.1, -0.05) is 11.6 Å². The van der Waals surface area contributed by atoms with Gasteiger partial charge in [0.15, 0.2) is 5.15 Å². The van der Waals surface area contributed by atoms with Crippen molar-refractivity contribution >= 4 is 48.9 Å². The molecular formula is C6H7Cl2N3O4S2. The molecule has 0 fully saturated rings. The van der Waals surface area contributed by atoms with Gasteiger partial charge in [-0.3, -0.25) is 0 Å². The quantitative estimate of drug-likeness (QED) is 0.594. The van der Waals surface area contributed by atoms with Gasteiger partial charge in [0.05, 0.1) is 18.7 Å². The number of hydrogen-bond donors (Lipinski definition) is 0. The molecule has 7 nitrogen and oxygen atoms in total. The van der Waals surface area contributed by atoms with Crippen molar-refractivity contribution in [2.75, 3.05) is 16.2 Å². The van der Waals surface area contributed by atoms with Crippen molar-refractivity contribution in [3.63, 3.8) is 0 Å². The van der Waals surface area contributed by atoms with Crippen LogP contribution in [0.25, 0.3) is 0 Å². The summed E-state index contributed by atoms with van der Waals surface area (Å²) >= 11 is 11.1. The molecule has 11 heteroatoms. The van der Waals surface area contributed by atoms with Crippen LogP contribution in [0.3, 0.4) is 0 Å². The van der Waals surface area contributed by atoms with Gasteiger partial charge in [-0.15, -0.1) is 0 Å². The van der Waals surface area contributed by atoms with E-state index in [1.807, 2.05) is 0 Å². The highest BCUT2D eigenvalue weighted by Crippen LogP contribution is 2.27. The first-order valence-electron chi connectivity index (χ1n) is 3.92. The number of halogens is 2. The lowest BCUT2D eigenvalue weighted by Crippen LogP contribution is -2.35. The Morgan fingerprint density at radius 1 is 1.12 bits per heavy atom. The topological polar surface area (TPSA) is 97.3 Å². The van der Waals surface area contributed by atoms with Gasteiger partial charge in [-0.2, -0.15) is 3.71 Å². The fourth-order valence-electron chi connectivity index (χ4n) is 1.06. The standard InChI is InChI=1S/C6H7Cl2N3O4S2/c1-16(12,13)11(17(2,14)15)4-3-9-6(8)10-5(4)7/h3H,1-2H3. The van der Waals surface area contributed by atoms with Crippen LogP contribution in [0, 0.1) is 0 Å². The van der Waals surface area contributed by atoms with Gasteiger partial charge in [0.25, 0.3) is 0 Å². The van der Waals surface area contributed by atoms with Crippen molar-refractivity contribution in [3.05, 3.63) is 16.6 Å². The highest BCUT2D eigenvalue weighted by atomic mass is 35.5. The molecule has 0 aliphatic rings. The summed E-state index contributed by atoms with van der Waals surface area (Å²) in [6.07, 6.45) is 2.36. The van der Waals surface area contributed by atoms with E-state index in [-0.39, 0.29) is 19.8 Å². The van der Waals surface area contributed by atoms with E-state index in [1.54, 1.807) is 0 Å². The summed E-state index contributed by atoms with van der Waals surface area (Å²) < 4.78 is 45.8. The zero-order valence-corrected chi connectivity index (χ0v) is 11.8. The van der Waals surface area contributed by atoms with Crippen LogP contribution in [0.4, 0.5) is 5.69 Å². The molecule has 0 radical (unpaired) electrons. The van der Waals surface area contributed by atoms with Gasteiger partial charge < -0.3 is 0 Å². The predicted molar refractivity (Wildman–Crippen MR) is 64.2 cm³/mol. The number of rotatable bonds is 3. The molecule has 0 bridgehead atoms. The Bertz CT molecular complexity index is 611. The van der Waals surface area contributed by atoms with Crippen molar-refractivity contribution in [3.8, 4) is 0 Å². The minimum absolute atomic E-state index is 0.138. The van der Waals surface area contributed by atoms with E-state index in [2.05, 4.69) is 9.97 Å². The van der Waals surface area contributed by atoms with Crippen molar-refractivity contribution < 1.29 is 16.8 Å². The van der Waals surface area contributed by atoms with Crippen LogP contribution in [0.1, 0.15) is 0 Å². The first-order chi connectivity index (χ1) is 7.53. The number of anilines is 1. The minimum Gasteiger partial charge on any atom is -0.224 e. The molecule has 1 rings (SSSR count). The molecule has 0 saturated carbocycles. The van der Waals surface area contributed by atoms with E-state index in [9.17, 15) is 16.8 Å². The fourth-order valence-corrected chi connectivity index (χ4v) is 4.50. The maximum absolute atomic E-state index is 11.4. The predicted octanol–water partition coefficient (Wildman–Crippen LogP) is 0.509. The summed E-state index contributed by atoms with van der Waals surface area (Å²) in [5.41, 5.74) is -0.374. The Hall–Kier alpha value is -0.640. The van der Waals surface area contributed by atoms with Crippen LogP contribution < -0.4 is 3.71 Å². The first-order valence-corrected chi connectivity index (χ1v) is 8.37. The van der Waals surface area contributed by atoms with E-state index in [1.165, 1.54) is 0 Å². The molecule has 1 aromatic rings. The summed E-state index contributed by atoms with van der Waals surface area (Å²) in [5, 5.41) is -0.596. The lowest BCUT2D eigenvalue weighted by molar-refractivity contribution is 0.590. The Morgan fingerprint density at radius 3 is 1.94 bits per heavy atom. The molecular weight excluding hydrogens is 313 g/mol. The molecule has 0 atom stereocenters. The minimum atomic E-state index is -4.07. The maximum Gasteiger partial charge on any atom is 0.245 e. The van der Waals surface area contributed by atoms with Crippen molar-refractivity contribution in [2.45, 2.75) is 0 Å². The largest absolute Gasteiger partial charge is 0.245 e. The lowest BCUT2D eigenvalue weighted by Gasteiger charge is -2.19. The lowest BCUT2D eigenvalue weighted by atomic mass is 10.6. The van der Waals surface area contributed by atoms with Crippen molar-refractivity contribution in [1.82, 2.24) is 9.97 Å². The summed E-state index contributed by atoms with van der Waals surface area (Å²) in [5.74, 6) is 0. The molecule has 0 saturated heterocycles. The highest BCUT2D eigenvalue weighted by molar-refractivity contribution is 8.09. The molecule has 0 amide bonds. The number of aromatic nitrogens is 2. The van der Waals surface area contributed by atoms with E-state index in [4.69, 9.17) is 23.2 Å². The van der Waals surface area contributed by atoms with Gasteiger partial charge in [0.2, 0.25) is 25.3 Å². The van der Waals surface area contributed by atoms with Gasteiger partial charge in [-0.05, 0) is 11.6 Å². The molecule has 96 valence electrons. The smallest absolute Gasteiger partial charge is 0.224 e. The summed E-state index contributed by atoms with van der Waals surface area (Å²) in [7, 11) is -8.15. The van der Waals surface area contributed by atoms with Gasteiger partial charge >= 0.3 is 0 Å². The van der Waals surface area contributed by atoms with Crippen molar-refractivity contribution in [1.29, 1.82) is 0 Å². The van der Waals surface area contributed by atoms with E-state index < -0.39 is 20.0 Å². The highest BCUT2D eigenvalue weighted by Gasteiger charge is 2.30. The third-order valence-electron chi connectivity index (χ3n) is 1.49. The second-order valence-corrected chi connectivity index (χ2v) is 7.63. The summed E-state index contributed by atoms with van der Waals surface area (Å²) in [6, 6.07) is 0. The number of hydrogen-bond acceptors (Lipinski definition) is 6. The zero-order chi connectivity index (χ0) is 13.4. The Morgan fingerprint density at radius 2 is 1.59 bits per heavy atom. The van der Waals surface area contributed by atoms with E-state index >= 15 is 0 Å². The molecule has 17 heavy (non-hydrogen) atoms. The first kappa shape index (κ1) is 14.4. The SMILES string of the molecule is CS(=O)(=O)N(c1cnc(Cl)nc1Cl)S(C)(=O)=O. The third-order valence-corrected chi connectivity index (χ3v) is 5.18. The van der Waals surface area contributed by atoms with Gasteiger partial charge in [0, 0.05) is 0 Å². The molecule has 0 aliphatic carbocycles. The molecule has 0 N–H and O–H groups in total. The summed E-state index contributed by atoms with van der Waals surface area (Å²) in [4.78, 5) is 6.96. The molecule has 0 spiro atoms. The Labute approximate surface area is 108 Å². The van der Waals surface area contributed by atoms with E-state index in [0.717, 1.165) is 18.7 Å². The molecule has 0 unspecified atom stereocenters. The van der Waals surface area contributed by atoms with Crippen LogP contribution in [-0.2, 0) is 20.0 Å². The van der Waals surface area contributed by atoms with Crippen LogP contribution >= 0.6 is 23.2 Å². The normalized spacial score (nSPS) is 12.5. The Balaban J connectivity index is 3.56. The maximum atomic E-state index is 11.4. The average molecular weight is 320 g/mol. The second kappa shape index (κ2) is 4.56. The number of sulfonamides is 2. The summed E-state index contributed by atoms with van der Waals surface area (Å²) in [6.45, 7) is 0. The second-order valence-electron chi connectivity index (χ2n) is 3.04. The number of nitrogens with zero attached hydrogens (tertiary/aromatic N) is 3. The molecule has 0 aliphatic heterocycles. The van der Waals surface area contributed by atoms with Crippen LogP contribution in [0.5, 0.6) is 0 Å². The zero-order valence-electron chi connectivity index (χ0n) is 8.62. The monoisotopic (exact) mass is 319 g/mol. The molecule has 1 aromatic heterocycles. The van der Waals surface area contributed by atoms with Gasteiger partial charge in [0.1, 0.15) is 5.69 Å². The van der Waals surface area contributed by atoms with Crippen LogP contribution in [-0.4, -0.2) is 39.3 Å². The van der Waals surface area contributed by atoms with Crippen LogP contribution in [0.15, 0.2) is 6.20 Å². The average Bonchev–Trinajstić information content (AvgIpc) is 2.04. The third kappa shape index (κ3) is 3.41. The fraction of sp³-hybridized carbons (Fsp3) is 0.333. The molecule has 0 aromatic carbocycles. The van der Waals surface area contributed by atoms with Crippen LogP contribution in [0.2, 0.25) is 10.4 Å². The Kier molecular flexibility index (Phi) is 3.87.